The maximum Gasteiger partial charge on any atom is 0.255 e. The summed E-state index contributed by atoms with van der Waals surface area (Å²) >= 11 is 0. The number of benzene rings is 1. The summed E-state index contributed by atoms with van der Waals surface area (Å²) in [5.41, 5.74) is 5.50. The van der Waals surface area contributed by atoms with Gasteiger partial charge in [0.05, 0.1) is 5.71 Å². The summed E-state index contributed by atoms with van der Waals surface area (Å²) in [6.07, 6.45) is 4.22. The zero-order valence-electron chi connectivity index (χ0n) is 11.7. The Hall–Kier alpha value is -3.02. The van der Waals surface area contributed by atoms with Gasteiger partial charge in [-0.1, -0.05) is 12.1 Å². The Bertz CT molecular complexity index is 724. The minimum atomic E-state index is -0.183. The fourth-order valence-electron chi connectivity index (χ4n) is 2.13. The first kappa shape index (κ1) is 13.9. The molecule has 1 aromatic heterocycles. The van der Waals surface area contributed by atoms with Crippen LogP contribution in [0.25, 0.3) is 0 Å². The number of anilines is 1. The normalized spacial score (nSPS) is 14.0. The molecule has 3 rings (SSSR count). The van der Waals surface area contributed by atoms with Gasteiger partial charge in [-0.3, -0.25) is 14.6 Å². The highest BCUT2D eigenvalue weighted by atomic mass is 16.2. The Labute approximate surface area is 127 Å². The van der Waals surface area contributed by atoms with Gasteiger partial charge in [0.1, 0.15) is 0 Å². The van der Waals surface area contributed by atoms with Crippen molar-refractivity contribution in [3.63, 3.8) is 0 Å². The monoisotopic (exact) mass is 294 g/mol. The van der Waals surface area contributed by atoms with Crippen LogP contribution < -0.4 is 10.7 Å². The molecule has 0 saturated heterocycles. The van der Waals surface area contributed by atoms with Crippen LogP contribution in [0.4, 0.5) is 5.69 Å². The van der Waals surface area contributed by atoms with Gasteiger partial charge in [-0.05, 0) is 29.8 Å². The lowest BCUT2D eigenvalue weighted by molar-refractivity contribution is -0.121. The summed E-state index contributed by atoms with van der Waals surface area (Å²) in [6.45, 7) is 0. The van der Waals surface area contributed by atoms with Crippen LogP contribution in [0, 0.1) is 0 Å². The van der Waals surface area contributed by atoms with Crippen molar-refractivity contribution in [2.45, 2.75) is 12.8 Å². The van der Waals surface area contributed by atoms with Crippen molar-refractivity contribution < 1.29 is 9.59 Å². The smallest absolute Gasteiger partial charge is 0.255 e. The molecule has 0 spiro atoms. The molecular weight excluding hydrogens is 280 g/mol. The van der Waals surface area contributed by atoms with Crippen LogP contribution in [-0.4, -0.2) is 22.5 Å². The van der Waals surface area contributed by atoms with Gasteiger partial charge < -0.3 is 5.32 Å². The molecule has 1 aromatic carbocycles. The van der Waals surface area contributed by atoms with E-state index in [0.717, 1.165) is 11.3 Å². The number of hydrogen-bond donors (Lipinski definition) is 2. The molecule has 1 aliphatic heterocycles. The highest BCUT2D eigenvalue weighted by Crippen LogP contribution is 2.15. The summed E-state index contributed by atoms with van der Waals surface area (Å²) in [5, 5.41) is 6.86. The van der Waals surface area contributed by atoms with Gasteiger partial charge in [-0.25, -0.2) is 5.43 Å². The topological polar surface area (TPSA) is 83.5 Å². The molecule has 0 saturated carbocycles. The molecule has 2 amide bonds. The summed E-state index contributed by atoms with van der Waals surface area (Å²) in [4.78, 5) is 27.0. The van der Waals surface area contributed by atoms with Crippen molar-refractivity contribution in [2.24, 2.45) is 5.10 Å². The second-order valence-electron chi connectivity index (χ2n) is 4.86. The molecule has 0 aliphatic carbocycles. The van der Waals surface area contributed by atoms with Crippen LogP contribution >= 0.6 is 0 Å². The maximum absolute atomic E-state index is 12.0. The first-order valence-electron chi connectivity index (χ1n) is 6.89. The SMILES string of the molecule is O=C1CCC(c2ccc(NC(=O)c3ccncc3)cc2)=NN1. The molecule has 2 heterocycles. The van der Waals surface area contributed by atoms with E-state index in [0.29, 0.717) is 24.1 Å². The van der Waals surface area contributed by atoms with Crippen molar-refractivity contribution in [3.8, 4) is 0 Å². The van der Waals surface area contributed by atoms with Gasteiger partial charge >= 0.3 is 0 Å². The fraction of sp³-hybridized carbons (Fsp3) is 0.125. The zero-order valence-corrected chi connectivity index (χ0v) is 11.7. The number of pyridine rings is 1. The van der Waals surface area contributed by atoms with Gasteiger partial charge in [0.15, 0.2) is 0 Å². The summed E-state index contributed by atoms with van der Waals surface area (Å²) in [5.74, 6) is -0.248. The van der Waals surface area contributed by atoms with Crippen molar-refractivity contribution in [1.82, 2.24) is 10.4 Å². The number of amides is 2. The maximum atomic E-state index is 12.0. The highest BCUT2D eigenvalue weighted by molar-refractivity contribution is 6.06. The van der Waals surface area contributed by atoms with E-state index in [-0.39, 0.29) is 11.8 Å². The van der Waals surface area contributed by atoms with Crippen molar-refractivity contribution in [2.75, 3.05) is 5.32 Å². The standard InChI is InChI=1S/C16H14N4O2/c21-15-6-5-14(19-20-15)11-1-3-13(4-2-11)18-16(22)12-7-9-17-10-8-12/h1-4,7-10H,5-6H2,(H,18,22)(H,20,21). The van der Waals surface area contributed by atoms with Crippen molar-refractivity contribution in [3.05, 3.63) is 59.9 Å². The number of nitrogens with one attached hydrogen (secondary N) is 2. The second kappa shape index (κ2) is 6.17. The molecule has 2 aromatic rings. The molecule has 2 N–H and O–H groups in total. The fourth-order valence-corrected chi connectivity index (χ4v) is 2.13. The van der Waals surface area contributed by atoms with Crippen LogP contribution in [0.3, 0.4) is 0 Å². The van der Waals surface area contributed by atoms with Gasteiger partial charge in [-0.2, -0.15) is 5.10 Å². The van der Waals surface area contributed by atoms with Gasteiger partial charge in [-0.15, -0.1) is 0 Å². The molecule has 0 atom stereocenters. The zero-order chi connectivity index (χ0) is 15.4. The Morgan fingerprint density at radius 2 is 1.77 bits per heavy atom. The summed E-state index contributed by atoms with van der Waals surface area (Å²) in [6, 6.07) is 10.7. The second-order valence-corrected chi connectivity index (χ2v) is 4.86. The van der Waals surface area contributed by atoms with E-state index < -0.39 is 0 Å². The van der Waals surface area contributed by atoms with Crippen molar-refractivity contribution in [1.29, 1.82) is 0 Å². The highest BCUT2D eigenvalue weighted by Gasteiger charge is 2.13. The quantitative estimate of drug-likeness (QED) is 0.907. The number of rotatable bonds is 3. The van der Waals surface area contributed by atoms with Gasteiger partial charge in [0.2, 0.25) is 5.91 Å². The summed E-state index contributed by atoms with van der Waals surface area (Å²) < 4.78 is 0. The van der Waals surface area contributed by atoms with Crippen LogP contribution in [0.15, 0.2) is 53.9 Å². The first-order valence-corrected chi connectivity index (χ1v) is 6.89. The largest absolute Gasteiger partial charge is 0.322 e. The van der Waals surface area contributed by atoms with Gasteiger partial charge in [0, 0.05) is 36.5 Å². The average Bonchev–Trinajstić information content (AvgIpc) is 2.57. The van der Waals surface area contributed by atoms with Gasteiger partial charge in [0.25, 0.3) is 5.91 Å². The number of hydrogen-bond acceptors (Lipinski definition) is 4. The molecule has 0 bridgehead atoms. The predicted molar refractivity (Wildman–Crippen MR) is 82.5 cm³/mol. The predicted octanol–water partition coefficient (Wildman–Crippen LogP) is 1.95. The minimum absolute atomic E-state index is 0.0648. The number of aromatic nitrogens is 1. The Balaban J connectivity index is 1.70. The van der Waals surface area contributed by atoms with Crippen molar-refractivity contribution >= 4 is 23.2 Å². The lowest BCUT2D eigenvalue weighted by Gasteiger charge is -2.12. The lowest BCUT2D eigenvalue weighted by atomic mass is 10.0. The van der Waals surface area contributed by atoms with E-state index in [4.69, 9.17) is 0 Å². The molecule has 22 heavy (non-hydrogen) atoms. The van der Waals surface area contributed by atoms with E-state index in [2.05, 4.69) is 20.8 Å². The van der Waals surface area contributed by atoms with E-state index in [1.807, 2.05) is 24.3 Å². The Morgan fingerprint density at radius 1 is 1.05 bits per heavy atom. The molecular formula is C16H14N4O2. The first-order chi connectivity index (χ1) is 10.7. The molecule has 6 nitrogen and oxygen atoms in total. The van der Waals surface area contributed by atoms with E-state index in [1.165, 1.54) is 0 Å². The molecule has 6 heteroatoms. The van der Waals surface area contributed by atoms with E-state index in [9.17, 15) is 9.59 Å². The molecule has 1 aliphatic rings. The van der Waals surface area contributed by atoms with Crippen LogP contribution in [0.5, 0.6) is 0 Å². The Kier molecular flexibility index (Phi) is 3.91. The van der Waals surface area contributed by atoms with E-state index in [1.54, 1.807) is 24.5 Å². The van der Waals surface area contributed by atoms with Crippen LogP contribution in [0.1, 0.15) is 28.8 Å². The third-order valence-corrected chi connectivity index (χ3v) is 3.32. The van der Waals surface area contributed by atoms with E-state index >= 15 is 0 Å². The van der Waals surface area contributed by atoms with Crippen LogP contribution in [0.2, 0.25) is 0 Å². The Morgan fingerprint density at radius 3 is 2.41 bits per heavy atom. The third-order valence-electron chi connectivity index (χ3n) is 3.32. The average molecular weight is 294 g/mol. The summed E-state index contributed by atoms with van der Waals surface area (Å²) in [7, 11) is 0. The number of carbonyl (C=O) groups excluding carboxylic acids is 2. The molecule has 0 radical (unpaired) electrons. The molecule has 0 unspecified atom stereocenters. The lowest BCUT2D eigenvalue weighted by Crippen LogP contribution is -2.25. The number of carbonyl (C=O) groups is 2. The molecule has 0 fully saturated rings. The van der Waals surface area contributed by atoms with Crippen LogP contribution in [-0.2, 0) is 4.79 Å². The molecule has 110 valence electrons. The minimum Gasteiger partial charge on any atom is -0.322 e. The number of hydrazone groups is 1. The number of nitrogens with zero attached hydrogens (tertiary/aromatic N) is 2. The third kappa shape index (κ3) is 3.17.